The molecule has 5 nitrogen and oxygen atoms in total. The van der Waals surface area contributed by atoms with E-state index in [9.17, 15) is 9.59 Å². The van der Waals surface area contributed by atoms with Crippen molar-refractivity contribution in [2.24, 2.45) is 0 Å². The summed E-state index contributed by atoms with van der Waals surface area (Å²) >= 11 is 1.16. The molecule has 1 heterocycles. The second-order valence-corrected chi connectivity index (χ2v) is 3.88. The first-order valence-corrected chi connectivity index (χ1v) is 5.82. The summed E-state index contributed by atoms with van der Waals surface area (Å²) in [6.07, 6.45) is 0. The van der Waals surface area contributed by atoms with Crippen molar-refractivity contribution < 1.29 is 14.3 Å². The fourth-order valence-electron chi connectivity index (χ4n) is 1.22. The third kappa shape index (κ3) is 2.52. The Balaban J connectivity index is 3.02. The maximum atomic E-state index is 11.7. The van der Waals surface area contributed by atoms with Gasteiger partial charge in [-0.3, -0.25) is 4.79 Å². The molecule has 16 heavy (non-hydrogen) atoms. The van der Waals surface area contributed by atoms with Crippen LogP contribution in [0.1, 0.15) is 34.6 Å². The summed E-state index contributed by atoms with van der Waals surface area (Å²) in [6, 6.07) is 0. The quantitative estimate of drug-likeness (QED) is 0.779. The van der Waals surface area contributed by atoms with Crippen molar-refractivity contribution in [2.45, 2.75) is 13.8 Å². The molecule has 0 aliphatic heterocycles. The summed E-state index contributed by atoms with van der Waals surface area (Å²) in [6.45, 7) is 4.25. The minimum atomic E-state index is -0.517. The molecule has 0 spiro atoms. The van der Waals surface area contributed by atoms with Gasteiger partial charge in [-0.1, -0.05) is 0 Å². The van der Waals surface area contributed by atoms with E-state index in [-0.39, 0.29) is 23.6 Å². The lowest BCUT2D eigenvalue weighted by atomic mass is 10.1. The number of ether oxygens (including phenoxy) is 1. The van der Waals surface area contributed by atoms with E-state index in [2.05, 4.69) is 5.32 Å². The van der Waals surface area contributed by atoms with Crippen LogP contribution in [0, 0.1) is 0 Å². The van der Waals surface area contributed by atoms with Crippen LogP contribution in [-0.4, -0.2) is 25.0 Å². The molecule has 6 heteroatoms. The van der Waals surface area contributed by atoms with Gasteiger partial charge in [-0.05, 0) is 13.8 Å². The number of nitrogens with two attached hydrogens (primary N) is 1. The van der Waals surface area contributed by atoms with Crippen LogP contribution in [0.3, 0.4) is 0 Å². The van der Waals surface area contributed by atoms with E-state index in [1.54, 1.807) is 13.8 Å². The minimum Gasteiger partial charge on any atom is -0.462 e. The monoisotopic (exact) mass is 242 g/mol. The zero-order chi connectivity index (χ0) is 12.1. The number of hydrogen-bond acceptors (Lipinski definition) is 5. The molecule has 3 N–H and O–H groups in total. The highest BCUT2D eigenvalue weighted by molar-refractivity contribution is 7.14. The lowest BCUT2D eigenvalue weighted by Gasteiger charge is -2.05. The average Bonchev–Trinajstić information content (AvgIpc) is 2.61. The van der Waals surface area contributed by atoms with Crippen molar-refractivity contribution in [3.05, 3.63) is 16.5 Å². The summed E-state index contributed by atoms with van der Waals surface area (Å²) in [5.41, 5.74) is 6.10. The number of thiophene rings is 1. The minimum absolute atomic E-state index is 0.213. The Morgan fingerprint density at radius 3 is 2.75 bits per heavy atom. The van der Waals surface area contributed by atoms with Crippen molar-refractivity contribution in [1.29, 1.82) is 0 Å². The molecule has 88 valence electrons. The number of amides is 1. The van der Waals surface area contributed by atoms with Gasteiger partial charge in [0.2, 0.25) is 0 Å². The van der Waals surface area contributed by atoms with E-state index >= 15 is 0 Å². The average molecular weight is 242 g/mol. The Hall–Kier alpha value is -1.56. The van der Waals surface area contributed by atoms with Gasteiger partial charge in [-0.15, -0.1) is 11.3 Å². The molecule has 0 atom stereocenters. The van der Waals surface area contributed by atoms with Gasteiger partial charge < -0.3 is 15.8 Å². The van der Waals surface area contributed by atoms with Gasteiger partial charge in [0.1, 0.15) is 0 Å². The van der Waals surface area contributed by atoms with Crippen LogP contribution in [0.4, 0.5) is 5.00 Å². The Labute approximate surface area is 97.6 Å². The normalized spacial score (nSPS) is 9.88. The first-order valence-electron chi connectivity index (χ1n) is 4.94. The maximum Gasteiger partial charge on any atom is 0.339 e. The molecule has 0 radical (unpaired) electrons. The second-order valence-electron chi connectivity index (χ2n) is 2.97. The molecule has 1 rings (SSSR count). The lowest BCUT2D eigenvalue weighted by Crippen LogP contribution is -2.25. The van der Waals surface area contributed by atoms with E-state index in [0.717, 1.165) is 11.3 Å². The van der Waals surface area contributed by atoms with Gasteiger partial charge in [0.15, 0.2) is 0 Å². The van der Waals surface area contributed by atoms with E-state index in [4.69, 9.17) is 10.5 Å². The summed E-state index contributed by atoms with van der Waals surface area (Å²) in [7, 11) is 0. The Morgan fingerprint density at radius 2 is 2.19 bits per heavy atom. The van der Waals surface area contributed by atoms with Crippen LogP contribution in [0.5, 0.6) is 0 Å². The highest BCUT2D eigenvalue weighted by atomic mass is 32.1. The number of carbonyl (C=O) groups is 2. The molecule has 0 fully saturated rings. The summed E-state index contributed by atoms with van der Waals surface area (Å²) in [5, 5.41) is 4.47. The highest BCUT2D eigenvalue weighted by Gasteiger charge is 2.22. The molecular weight excluding hydrogens is 228 g/mol. The van der Waals surface area contributed by atoms with Gasteiger partial charge in [0.05, 0.1) is 22.7 Å². The van der Waals surface area contributed by atoms with Crippen LogP contribution < -0.4 is 11.1 Å². The van der Waals surface area contributed by atoms with Gasteiger partial charge in [-0.2, -0.15) is 0 Å². The largest absolute Gasteiger partial charge is 0.462 e. The van der Waals surface area contributed by atoms with Crippen molar-refractivity contribution in [3.63, 3.8) is 0 Å². The van der Waals surface area contributed by atoms with Gasteiger partial charge in [0, 0.05) is 11.9 Å². The van der Waals surface area contributed by atoms with Crippen LogP contribution in [0.2, 0.25) is 0 Å². The third-order valence-electron chi connectivity index (χ3n) is 1.88. The van der Waals surface area contributed by atoms with Crippen molar-refractivity contribution in [3.8, 4) is 0 Å². The molecule has 1 aromatic rings. The molecular formula is C10H14N2O3S. The molecule has 0 aliphatic carbocycles. The zero-order valence-electron chi connectivity index (χ0n) is 9.20. The molecule has 0 aromatic carbocycles. The molecule has 1 aromatic heterocycles. The SMILES string of the molecule is CCNC(=O)c1c(C(=O)OCC)csc1N. The Morgan fingerprint density at radius 1 is 1.50 bits per heavy atom. The zero-order valence-corrected chi connectivity index (χ0v) is 10.0. The third-order valence-corrected chi connectivity index (χ3v) is 2.69. The predicted octanol–water partition coefficient (Wildman–Crippen LogP) is 1.26. The van der Waals surface area contributed by atoms with Crippen molar-refractivity contribution in [2.75, 3.05) is 18.9 Å². The molecule has 0 saturated carbocycles. The highest BCUT2D eigenvalue weighted by Crippen LogP contribution is 2.25. The second kappa shape index (κ2) is 5.50. The standard InChI is InChI=1S/C10H14N2O3S/c1-3-12-9(13)7-6(5-16-8(7)11)10(14)15-4-2/h5H,3-4,11H2,1-2H3,(H,12,13). The Kier molecular flexibility index (Phi) is 4.30. The van der Waals surface area contributed by atoms with Crippen LogP contribution in [0.25, 0.3) is 0 Å². The molecule has 0 bridgehead atoms. The van der Waals surface area contributed by atoms with Crippen LogP contribution in [0.15, 0.2) is 5.38 Å². The Bertz CT molecular complexity index is 401. The first kappa shape index (κ1) is 12.5. The number of esters is 1. The van der Waals surface area contributed by atoms with E-state index in [1.807, 2.05) is 0 Å². The molecule has 0 saturated heterocycles. The summed E-state index contributed by atoms with van der Waals surface area (Å²) in [4.78, 5) is 23.2. The van der Waals surface area contributed by atoms with Crippen LogP contribution >= 0.6 is 11.3 Å². The van der Waals surface area contributed by atoms with Gasteiger partial charge in [0.25, 0.3) is 5.91 Å². The number of anilines is 1. The number of nitrogen functional groups attached to an aromatic ring is 1. The number of nitrogens with one attached hydrogen (secondary N) is 1. The fourth-order valence-corrected chi connectivity index (χ4v) is 1.99. The molecule has 0 unspecified atom stereocenters. The maximum absolute atomic E-state index is 11.7. The summed E-state index contributed by atoms with van der Waals surface area (Å²) < 4.78 is 4.84. The lowest BCUT2D eigenvalue weighted by molar-refractivity contribution is 0.0523. The molecule has 1 amide bonds. The van der Waals surface area contributed by atoms with E-state index in [1.165, 1.54) is 5.38 Å². The van der Waals surface area contributed by atoms with Gasteiger partial charge >= 0.3 is 5.97 Å². The number of rotatable bonds is 4. The van der Waals surface area contributed by atoms with Crippen molar-refractivity contribution >= 4 is 28.2 Å². The van der Waals surface area contributed by atoms with E-state index < -0.39 is 5.97 Å². The molecule has 0 aliphatic rings. The van der Waals surface area contributed by atoms with Crippen molar-refractivity contribution in [1.82, 2.24) is 5.32 Å². The van der Waals surface area contributed by atoms with Crippen LogP contribution in [-0.2, 0) is 4.74 Å². The fraction of sp³-hybridized carbons (Fsp3) is 0.400. The predicted molar refractivity (Wildman–Crippen MR) is 62.7 cm³/mol. The van der Waals surface area contributed by atoms with Gasteiger partial charge in [-0.25, -0.2) is 4.79 Å². The topological polar surface area (TPSA) is 81.4 Å². The van der Waals surface area contributed by atoms with E-state index in [0.29, 0.717) is 11.5 Å². The number of hydrogen-bond donors (Lipinski definition) is 2. The summed E-state index contributed by atoms with van der Waals surface area (Å²) in [5.74, 6) is -0.860. The first-order chi connectivity index (χ1) is 7.61. The smallest absolute Gasteiger partial charge is 0.339 e. The number of carbonyl (C=O) groups excluding carboxylic acids is 2.